The van der Waals surface area contributed by atoms with E-state index in [9.17, 15) is 9.18 Å². The highest BCUT2D eigenvalue weighted by molar-refractivity contribution is 5.98. The minimum absolute atomic E-state index is 0.127. The number of aromatic nitrogens is 1. The Labute approximate surface area is 174 Å². The number of pyridine rings is 1. The Hall–Kier alpha value is -2.63. The first-order valence-electron chi connectivity index (χ1n) is 10.9. The van der Waals surface area contributed by atoms with Gasteiger partial charge in [-0.25, -0.2) is 9.37 Å². The van der Waals surface area contributed by atoms with Crippen molar-refractivity contribution in [3.63, 3.8) is 0 Å². The first-order chi connectivity index (χ1) is 14.3. The maximum absolute atomic E-state index is 14.3. The van der Waals surface area contributed by atoms with Gasteiger partial charge in [0.25, 0.3) is 5.91 Å². The van der Waals surface area contributed by atoms with Crippen LogP contribution in [0.2, 0.25) is 0 Å². The SMILES string of the molecule is [2H]C1([2H])[C@@H](C)CC(C)(C)N1c1nc(-c2cc(F)cc(OCC(C)C)c2)ccc1C(N)=O. The Kier molecular flexibility index (Phi) is 5.08. The number of hydrogen-bond acceptors (Lipinski definition) is 4. The zero-order valence-corrected chi connectivity index (χ0v) is 17.6. The summed E-state index contributed by atoms with van der Waals surface area (Å²) in [6, 6.07) is 7.45. The van der Waals surface area contributed by atoms with E-state index in [0.717, 1.165) is 0 Å². The number of carbonyl (C=O) groups is 1. The van der Waals surface area contributed by atoms with Crippen LogP contribution in [0.3, 0.4) is 0 Å². The molecule has 6 heteroatoms. The van der Waals surface area contributed by atoms with Gasteiger partial charge in [0.2, 0.25) is 0 Å². The molecule has 1 aromatic carbocycles. The molecule has 156 valence electrons. The molecule has 0 radical (unpaired) electrons. The van der Waals surface area contributed by atoms with Crippen molar-refractivity contribution in [2.75, 3.05) is 18.0 Å². The quantitative estimate of drug-likeness (QED) is 0.765. The molecule has 0 saturated carbocycles. The van der Waals surface area contributed by atoms with E-state index in [4.69, 9.17) is 13.2 Å². The number of nitrogens with two attached hydrogens (primary N) is 1. The Morgan fingerprint density at radius 1 is 1.41 bits per heavy atom. The average Bonchev–Trinajstić information content (AvgIpc) is 2.81. The van der Waals surface area contributed by atoms with Gasteiger partial charge in [-0.3, -0.25) is 4.79 Å². The molecule has 1 fully saturated rings. The molecule has 1 saturated heterocycles. The van der Waals surface area contributed by atoms with Crippen LogP contribution in [0.4, 0.5) is 10.2 Å². The molecular formula is C23H30FN3O2. The van der Waals surface area contributed by atoms with Crippen molar-refractivity contribution in [3.8, 4) is 17.0 Å². The highest BCUT2D eigenvalue weighted by Crippen LogP contribution is 2.38. The second-order valence-corrected chi connectivity index (χ2v) is 8.69. The molecular weight excluding hydrogens is 369 g/mol. The Morgan fingerprint density at radius 3 is 2.72 bits per heavy atom. The molecule has 2 N–H and O–H groups in total. The summed E-state index contributed by atoms with van der Waals surface area (Å²) in [5.74, 6) is -0.606. The van der Waals surface area contributed by atoms with Gasteiger partial charge in [-0.05, 0) is 56.4 Å². The van der Waals surface area contributed by atoms with Gasteiger partial charge in [-0.2, -0.15) is 0 Å². The van der Waals surface area contributed by atoms with Gasteiger partial charge >= 0.3 is 0 Å². The maximum atomic E-state index is 14.3. The number of amides is 1. The van der Waals surface area contributed by atoms with Crippen molar-refractivity contribution in [1.29, 1.82) is 0 Å². The van der Waals surface area contributed by atoms with Crippen LogP contribution >= 0.6 is 0 Å². The number of anilines is 1. The van der Waals surface area contributed by atoms with E-state index < -0.39 is 23.8 Å². The van der Waals surface area contributed by atoms with Crippen molar-refractivity contribution in [2.24, 2.45) is 17.6 Å². The molecule has 1 aromatic heterocycles. The molecule has 5 nitrogen and oxygen atoms in total. The molecule has 1 atom stereocenters. The summed E-state index contributed by atoms with van der Waals surface area (Å²) in [5, 5.41) is 0. The summed E-state index contributed by atoms with van der Waals surface area (Å²) in [5.41, 5.74) is 6.00. The summed E-state index contributed by atoms with van der Waals surface area (Å²) >= 11 is 0. The molecule has 3 rings (SSSR count). The van der Waals surface area contributed by atoms with Crippen molar-refractivity contribution >= 4 is 11.7 Å². The van der Waals surface area contributed by atoms with E-state index in [1.165, 1.54) is 23.1 Å². The second-order valence-electron chi connectivity index (χ2n) is 8.69. The first kappa shape index (κ1) is 18.4. The summed E-state index contributed by atoms with van der Waals surface area (Å²) in [6.07, 6.45) is 0.581. The molecule has 1 amide bonds. The summed E-state index contributed by atoms with van der Waals surface area (Å²) in [6.45, 7) is 8.38. The standard InChI is InChI=1S/C23H30FN3O2/c1-14(2)13-29-18-9-16(8-17(24)10-18)20-7-6-19(21(25)28)22(26-20)27-12-15(3)11-23(27,4)5/h6-10,14-15H,11-13H2,1-5H3,(H2,25,28)/t15-/m0/s1/i12D2. The molecule has 29 heavy (non-hydrogen) atoms. The smallest absolute Gasteiger partial charge is 0.252 e. The molecule has 0 unspecified atom stereocenters. The Balaban J connectivity index is 2.13. The van der Waals surface area contributed by atoms with E-state index in [2.05, 4.69) is 4.98 Å². The third-order valence-electron chi connectivity index (χ3n) is 4.86. The van der Waals surface area contributed by atoms with Gasteiger partial charge < -0.3 is 15.4 Å². The van der Waals surface area contributed by atoms with Crippen LogP contribution in [0.25, 0.3) is 11.3 Å². The van der Waals surface area contributed by atoms with E-state index in [-0.39, 0.29) is 23.2 Å². The fraction of sp³-hybridized carbons (Fsp3) is 0.478. The Bertz CT molecular complexity index is 995. The van der Waals surface area contributed by atoms with Gasteiger partial charge in [0.05, 0.1) is 17.9 Å². The maximum Gasteiger partial charge on any atom is 0.252 e. The van der Waals surface area contributed by atoms with Crippen molar-refractivity contribution < 1.29 is 16.7 Å². The van der Waals surface area contributed by atoms with Crippen LogP contribution in [-0.2, 0) is 0 Å². The third-order valence-corrected chi connectivity index (χ3v) is 4.86. The van der Waals surface area contributed by atoms with Crippen LogP contribution in [0.15, 0.2) is 30.3 Å². The zero-order valence-electron chi connectivity index (χ0n) is 19.6. The molecule has 1 aliphatic heterocycles. The highest BCUT2D eigenvalue weighted by atomic mass is 19.1. The van der Waals surface area contributed by atoms with Crippen LogP contribution in [0.1, 0.15) is 54.1 Å². The van der Waals surface area contributed by atoms with Gasteiger partial charge in [0.1, 0.15) is 17.4 Å². The van der Waals surface area contributed by atoms with Crippen LogP contribution in [-0.4, -0.2) is 29.5 Å². The number of hydrogen-bond donors (Lipinski definition) is 1. The van der Waals surface area contributed by atoms with Crippen LogP contribution in [0.5, 0.6) is 5.75 Å². The number of nitrogens with zero attached hydrogens (tertiary/aromatic N) is 2. The van der Waals surface area contributed by atoms with Gasteiger partial charge in [-0.15, -0.1) is 0 Å². The molecule has 0 bridgehead atoms. The van der Waals surface area contributed by atoms with Crippen LogP contribution in [0, 0.1) is 17.7 Å². The van der Waals surface area contributed by atoms with E-state index in [0.29, 0.717) is 30.0 Å². The fourth-order valence-corrected chi connectivity index (χ4v) is 3.66. The lowest BCUT2D eigenvalue weighted by atomic mass is 9.97. The lowest BCUT2D eigenvalue weighted by Gasteiger charge is -2.33. The third kappa shape index (κ3) is 4.69. The van der Waals surface area contributed by atoms with Crippen molar-refractivity contribution in [1.82, 2.24) is 4.98 Å². The van der Waals surface area contributed by atoms with Crippen molar-refractivity contribution in [2.45, 2.75) is 46.6 Å². The molecule has 0 spiro atoms. The summed E-state index contributed by atoms with van der Waals surface area (Å²) in [7, 11) is 0. The zero-order chi connectivity index (χ0) is 23.1. The number of ether oxygens (including phenoxy) is 1. The summed E-state index contributed by atoms with van der Waals surface area (Å²) < 4.78 is 37.2. The molecule has 2 heterocycles. The minimum Gasteiger partial charge on any atom is -0.493 e. The fourth-order valence-electron chi connectivity index (χ4n) is 3.66. The number of benzene rings is 1. The lowest BCUT2D eigenvalue weighted by molar-refractivity contribution is 0.100. The number of rotatable bonds is 6. The Morgan fingerprint density at radius 2 is 2.14 bits per heavy atom. The molecule has 0 aliphatic carbocycles. The summed E-state index contributed by atoms with van der Waals surface area (Å²) in [4.78, 5) is 18.3. The molecule has 2 aromatic rings. The topological polar surface area (TPSA) is 68.5 Å². The number of primary amides is 1. The largest absolute Gasteiger partial charge is 0.493 e. The van der Waals surface area contributed by atoms with Gasteiger partial charge in [0.15, 0.2) is 0 Å². The predicted molar refractivity (Wildman–Crippen MR) is 114 cm³/mol. The second kappa shape index (κ2) is 8.01. The predicted octanol–water partition coefficient (Wildman–Crippen LogP) is 4.65. The monoisotopic (exact) mass is 401 g/mol. The van der Waals surface area contributed by atoms with E-state index in [1.807, 2.05) is 34.6 Å². The average molecular weight is 402 g/mol. The lowest BCUT2D eigenvalue weighted by Crippen LogP contribution is -2.40. The first-order valence-corrected chi connectivity index (χ1v) is 9.88. The number of halogens is 1. The number of carbonyl (C=O) groups excluding carboxylic acids is 1. The minimum atomic E-state index is -1.73. The highest BCUT2D eigenvalue weighted by Gasteiger charge is 2.38. The van der Waals surface area contributed by atoms with E-state index in [1.54, 1.807) is 12.1 Å². The van der Waals surface area contributed by atoms with Crippen LogP contribution < -0.4 is 15.4 Å². The van der Waals surface area contributed by atoms with Crippen molar-refractivity contribution in [3.05, 3.63) is 41.7 Å². The normalized spacial score (nSPS) is 21.1. The van der Waals surface area contributed by atoms with Gasteiger partial charge in [-0.1, -0.05) is 20.8 Å². The van der Waals surface area contributed by atoms with E-state index >= 15 is 0 Å². The van der Waals surface area contributed by atoms with Gasteiger partial charge in [0, 0.05) is 26.4 Å². The molecule has 1 aliphatic rings.